The number of carbonyl (C=O) groups is 1. The van der Waals surface area contributed by atoms with Crippen LogP contribution >= 0.6 is 0 Å². The molecule has 156 valence electrons. The van der Waals surface area contributed by atoms with E-state index < -0.39 is 12.0 Å². The van der Waals surface area contributed by atoms with E-state index in [1.165, 1.54) is 13.4 Å². The van der Waals surface area contributed by atoms with Crippen molar-refractivity contribution in [1.82, 2.24) is 14.8 Å². The molecule has 3 N–H and O–H groups in total. The number of phenolic OH excluding ortho intramolecular Hbond substituents is 1. The zero-order chi connectivity index (χ0) is 21.3. The minimum atomic E-state index is -0.529. The fourth-order valence-electron chi connectivity index (χ4n) is 3.84. The summed E-state index contributed by atoms with van der Waals surface area (Å²) in [6.07, 6.45) is 1.44. The lowest BCUT2D eigenvalue weighted by atomic mass is 9.85. The van der Waals surface area contributed by atoms with Gasteiger partial charge in [0.05, 0.1) is 31.9 Å². The Hall–Kier alpha value is -3.75. The Balaban J connectivity index is 1.75. The highest BCUT2D eigenvalue weighted by molar-refractivity contribution is 5.95. The Morgan fingerprint density at radius 1 is 1.17 bits per heavy atom. The van der Waals surface area contributed by atoms with Crippen LogP contribution in [-0.4, -0.2) is 46.0 Å². The van der Waals surface area contributed by atoms with Crippen molar-refractivity contribution in [2.75, 3.05) is 24.9 Å². The summed E-state index contributed by atoms with van der Waals surface area (Å²) in [4.78, 5) is 17.7. The second-order valence-electron chi connectivity index (χ2n) is 7.05. The normalized spacial score (nSPS) is 20.0. The summed E-state index contributed by atoms with van der Waals surface area (Å²) in [5.41, 5.74) is 1.36. The van der Waals surface area contributed by atoms with E-state index in [1.807, 2.05) is 19.1 Å². The Kier molecular flexibility index (Phi) is 5.18. The molecule has 30 heavy (non-hydrogen) atoms. The van der Waals surface area contributed by atoms with Crippen molar-refractivity contribution in [2.24, 2.45) is 5.92 Å². The van der Waals surface area contributed by atoms with E-state index in [9.17, 15) is 9.90 Å². The zero-order valence-corrected chi connectivity index (χ0v) is 16.9. The van der Waals surface area contributed by atoms with Crippen LogP contribution in [0.25, 0.3) is 0 Å². The molecule has 0 aliphatic carbocycles. The van der Waals surface area contributed by atoms with Gasteiger partial charge in [-0.2, -0.15) is 10.1 Å². The standard InChI is InChI=1S/C21H23N5O4/c1-12-18(20(28)25-14-6-4-5-7-16(14)29-2)19(26-21(24-12)22-11-23-26)13-8-9-15(27)17(10-13)30-3/h4-12,18-19,27H,1-3H3,(H,25,28)(H,22,23,24)/t12-,18-,19-/m0/s1. The molecule has 1 aliphatic rings. The number of fused-ring (bicyclic) bond motifs is 1. The van der Waals surface area contributed by atoms with Gasteiger partial charge in [0.25, 0.3) is 0 Å². The van der Waals surface area contributed by atoms with Crippen molar-refractivity contribution in [3.05, 3.63) is 54.4 Å². The smallest absolute Gasteiger partial charge is 0.232 e. The number of aromatic nitrogens is 3. The molecule has 0 bridgehead atoms. The average Bonchev–Trinajstić information content (AvgIpc) is 3.21. The summed E-state index contributed by atoms with van der Waals surface area (Å²) >= 11 is 0. The maximum absolute atomic E-state index is 13.4. The third kappa shape index (κ3) is 3.38. The van der Waals surface area contributed by atoms with Gasteiger partial charge in [0, 0.05) is 6.04 Å². The number of hydrogen-bond acceptors (Lipinski definition) is 7. The first-order valence-corrected chi connectivity index (χ1v) is 9.50. The number of carbonyl (C=O) groups excluding carboxylic acids is 1. The second kappa shape index (κ2) is 7.94. The quantitative estimate of drug-likeness (QED) is 0.594. The predicted octanol–water partition coefficient (Wildman–Crippen LogP) is 2.66. The van der Waals surface area contributed by atoms with Crippen LogP contribution in [-0.2, 0) is 4.79 Å². The number of phenols is 1. The van der Waals surface area contributed by atoms with E-state index >= 15 is 0 Å². The molecule has 1 aliphatic heterocycles. The number of methoxy groups -OCH3 is 2. The Labute approximate surface area is 173 Å². The molecule has 0 spiro atoms. The van der Waals surface area contributed by atoms with Crippen LogP contribution in [0.15, 0.2) is 48.8 Å². The Morgan fingerprint density at radius 3 is 2.70 bits per heavy atom. The Bertz CT molecular complexity index is 1070. The third-order valence-electron chi connectivity index (χ3n) is 5.29. The van der Waals surface area contributed by atoms with Crippen LogP contribution in [0.5, 0.6) is 17.2 Å². The lowest BCUT2D eigenvalue weighted by Crippen LogP contribution is -2.46. The number of aromatic hydroxyl groups is 1. The number of para-hydroxylation sites is 2. The van der Waals surface area contributed by atoms with E-state index in [-0.39, 0.29) is 17.7 Å². The van der Waals surface area contributed by atoms with E-state index in [0.717, 1.165) is 5.56 Å². The second-order valence-corrected chi connectivity index (χ2v) is 7.05. The van der Waals surface area contributed by atoms with Gasteiger partial charge < -0.3 is 25.2 Å². The summed E-state index contributed by atoms with van der Waals surface area (Å²) in [5, 5.41) is 20.6. The van der Waals surface area contributed by atoms with Gasteiger partial charge in [-0.05, 0) is 36.8 Å². The Morgan fingerprint density at radius 2 is 1.93 bits per heavy atom. The molecule has 2 aromatic carbocycles. The largest absolute Gasteiger partial charge is 0.504 e. The van der Waals surface area contributed by atoms with Crippen molar-refractivity contribution >= 4 is 17.5 Å². The monoisotopic (exact) mass is 409 g/mol. The van der Waals surface area contributed by atoms with Gasteiger partial charge in [-0.3, -0.25) is 4.79 Å². The number of nitrogens with one attached hydrogen (secondary N) is 2. The molecular weight excluding hydrogens is 386 g/mol. The van der Waals surface area contributed by atoms with Crippen LogP contribution in [0.3, 0.4) is 0 Å². The van der Waals surface area contributed by atoms with Crippen LogP contribution in [0, 0.1) is 5.92 Å². The van der Waals surface area contributed by atoms with Gasteiger partial charge in [0.15, 0.2) is 11.5 Å². The molecule has 2 heterocycles. The number of rotatable bonds is 5. The summed E-state index contributed by atoms with van der Waals surface area (Å²) in [5.74, 6) is 0.768. The van der Waals surface area contributed by atoms with Gasteiger partial charge in [0.2, 0.25) is 11.9 Å². The van der Waals surface area contributed by atoms with Gasteiger partial charge >= 0.3 is 0 Å². The van der Waals surface area contributed by atoms with Gasteiger partial charge in [-0.1, -0.05) is 18.2 Å². The van der Waals surface area contributed by atoms with E-state index in [2.05, 4.69) is 20.7 Å². The molecule has 4 rings (SSSR count). The van der Waals surface area contributed by atoms with Crippen LogP contribution in [0.1, 0.15) is 18.5 Å². The van der Waals surface area contributed by atoms with Crippen molar-refractivity contribution in [3.63, 3.8) is 0 Å². The van der Waals surface area contributed by atoms with Crippen molar-refractivity contribution in [1.29, 1.82) is 0 Å². The first-order chi connectivity index (χ1) is 14.5. The molecule has 1 amide bonds. The lowest BCUT2D eigenvalue weighted by molar-refractivity contribution is -0.121. The van der Waals surface area contributed by atoms with E-state index in [4.69, 9.17) is 9.47 Å². The first kappa shape index (κ1) is 19.6. The minimum absolute atomic E-state index is 0.0251. The van der Waals surface area contributed by atoms with E-state index in [0.29, 0.717) is 23.1 Å². The molecule has 1 aromatic heterocycles. The average molecular weight is 409 g/mol. The van der Waals surface area contributed by atoms with Crippen LogP contribution in [0.2, 0.25) is 0 Å². The molecule has 0 unspecified atom stereocenters. The number of hydrogen-bond donors (Lipinski definition) is 3. The summed E-state index contributed by atoms with van der Waals surface area (Å²) in [7, 11) is 3.04. The minimum Gasteiger partial charge on any atom is -0.504 e. The molecule has 0 saturated heterocycles. The first-order valence-electron chi connectivity index (χ1n) is 9.50. The molecule has 9 nitrogen and oxygen atoms in total. The van der Waals surface area contributed by atoms with Gasteiger partial charge in [-0.15, -0.1) is 0 Å². The molecule has 0 saturated carbocycles. The molecule has 9 heteroatoms. The number of ether oxygens (including phenoxy) is 2. The highest BCUT2D eigenvalue weighted by Gasteiger charge is 2.41. The highest BCUT2D eigenvalue weighted by Crippen LogP contribution is 2.39. The van der Waals surface area contributed by atoms with Crippen molar-refractivity contribution < 1.29 is 19.4 Å². The third-order valence-corrected chi connectivity index (χ3v) is 5.29. The topological polar surface area (TPSA) is 111 Å². The number of amides is 1. The summed E-state index contributed by atoms with van der Waals surface area (Å²) < 4.78 is 12.3. The zero-order valence-electron chi connectivity index (χ0n) is 16.9. The fraction of sp³-hybridized carbons (Fsp3) is 0.286. The molecule has 3 atom stereocenters. The number of anilines is 2. The SMILES string of the molecule is COc1cc([C@H]2[C@@H](C(=O)Nc3ccccc3OC)[C@H](C)Nc3ncnn32)ccc1O. The van der Waals surface area contributed by atoms with Crippen molar-refractivity contribution in [3.8, 4) is 17.2 Å². The molecule has 0 radical (unpaired) electrons. The lowest BCUT2D eigenvalue weighted by Gasteiger charge is -2.37. The fourth-order valence-corrected chi connectivity index (χ4v) is 3.84. The van der Waals surface area contributed by atoms with Crippen molar-refractivity contribution in [2.45, 2.75) is 19.0 Å². The maximum Gasteiger partial charge on any atom is 0.232 e. The van der Waals surface area contributed by atoms with Crippen LogP contribution < -0.4 is 20.1 Å². The number of benzene rings is 2. The van der Waals surface area contributed by atoms with Crippen LogP contribution in [0.4, 0.5) is 11.6 Å². The summed E-state index contributed by atoms with van der Waals surface area (Å²) in [6, 6.07) is 11.6. The molecule has 3 aromatic rings. The highest BCUT2D eigenvalue weighted by atomic mass is 16.5. The summed E-state index contributed by atoms with van der Waals surface area (Å²) in [6.45, 7) is 1.93. The molecular formula is C21H23N5O4. The predicted molar refractivity (Wildman–Crippen MR) is 111 cm³/mol. The van der Waals surface area contributed by atoms with Gasteiger partial charge in [-0.25, -0.2) is 4.68 Å². The van der Waals surface area contributed by atoms with Gasteiger partial charge in [0.1, 0.15) is 12.1 Å². The van der Waals surface area contributed by atoms with E-state index in [1.54, 1.807) is 42.1 Å². The maximum atomic E-state index is 13.4. The number of nitrogens with zero attached hydrogens (tertiary/aromatic N) is 3. The molecule has 0 fully saturated rings.